The van der Waals surface area contributed by atoms with E-state index in [0.717, 1.165) is 38.5 Å². The number of Topliss-reactive ketones (excluding diaryl/α,β-unsaturated/α-hetero) is 1. The van der Waals surface area contributed by atoms with E-state index in [0.29, 0.717) is 18.8 Å². The molecule has 2 fully saturated rings. The number of carbonyl (C=O) groups is 2. The number of fused-ring (bicyclic) bond motifs is 5. The summed E-state index contributed by atoms with van der Waals surface area (Å²) in [7, 11) is 0. The molecule has 162 valence electrons. The van der Waals surface area contributed by atoms with Crippen LogP contribution in [0.2, 0.25) is 0 Å². The lowest BCUT2D eigenvalue weighted by atomic mass is 9.76. The summed E-state index contributed by atoms with van der Waals surface area (Å²) >= 11 is 0. The van der Waals surface area contributed by atoms with Gasteiger partial charge >= 0.3 is 6.09 Å². The molecule has 0 aromatic heterocycles. The van der Waals surface area contributed by atoms with E-state index in [-0.39, 0.29) is 30.0 Å². The molecular weight excluding hydrogens is 386 g/mol. The van der Waals surface area contributed by atoms with E-state index < -0.39 is 0 Å². The predicted molar refractivity (Wildman–Crippen MR) is 121 cm³/mol. The minimum atomic E-state index is -0.196. The third kappa shape index (κ3) is 3.66. The molecule has 0 N–H and O–H groups in total. The summed E-state index contributed by atoms with van der Waals surface area (Å²) in [4.78, 5) is 27.7. The molecule has 5 rings (SSSR count). The van der Waals surface area contributed by atoms with E-state index in [1.807, 2.05) is 4.90 Å². The number of nitrogens with zero attached hydrogens (tertiary/aromatic N) is 1. The fourth-order valence-electron chi connectivity index (χ4n) is 6.06. The molecule has 31 heavy (non-hydrogen) atoms. The fourth-order valence-corrected chi connectivity index (χ4v) is 6.06. The number of hydrogen-bond donors (Lipinski definition) is 0. The summed E-state index contributed by atoms with van der Waals surface area (Å²) < 4.78 is 5.96. The van der Waals surface area contributed by atoms with Gasteiger partial charge in [-0.3, -0.25) is 4.79 Å². The monoisotopic (exact) mass is 417 g/mol. The molecule has 0 spiro atoms. The van der Waals surface area contributed by atoms with Gasteiger partial charge in [0.2, 0.25) is 0 Å². The zero-order chi connectivity index (χ0) is 21.4. The Bertz CT molecular complexity index is 924. The second-order valence-corrected chi connectivity index (χ2v) is 9.33. The smallest absolute Gasteiger partial charge is 0.410 e. The molecule has 1 amide bonds. The van der Waals surface area contributed by atoms with Crippen LogP contribution in [0.3, 0.4) is 0 Å². The predicted octanol–water partition coefficient (Wildman–Crippen LogP) is 5.94. The van der Waals surface area contributed by atoms with Crippen LogP contribution in [-0.2, 0) is 9.53 Å². The van der Waals surface area contributed by atoms with Crippen molar-refractivity contribution in [3.8, 4) is 11.1 Å². The van der Waals surface area contributed by atoms with Crippen molar-refractivity contribution < 1.29 is 14.3 Å². The number of benzene rings is 2. The number of ketones is 1. The first kappa shape index (κ1) is 20.3. The van der Waals surface area contributed by atoms with E-state index in [9.17, 15) is 9.59 Å². The minimum absolute atomic E-state index is 0.0832. The van der Waals surface area contributed by atoms with Crippen molar-refractivity contribution in [2.75, 3.05) is 6.61 Å². The van der Waals surface area contributed by atoms with Crippen LogP contribution < -0.4 is 0 Å². The van der Waals surface area contributed by atoms with E-state index in [1.54, 1.807) is 0 Å². The maximum atomic E-state index is 13.2. The second kappa shape index (κ2) is 8.49. The molecular formula is C27H31NO3. The minimum Gasteiger partial charge on any atom is -0.448 e. The fraction of sp³-hybridized carbons (Fsp3) is 0.481. The molecule has 2 aromatic carbocycles. The van der Waals surface area contributed by atoms with E-state index >= 15 is 0 Å². The van der Waals surface area contributed by atoms with Gasteiger partial charge in [-0.25, -0.2) is 4.79 Å². The third-order valence-corrected chi connectivity index (χ3v) is 7.47. The Hall–Kier alpha value is -2.62. The molecule has 2 heterocycles. The summed E-state index contributed by atoms with van der Waals surface area (Å²) in [6, 6.07) is 17.1. The molecule has 2 aliphatic heterocycles. The molecule has 2 saturated heterocycles. The Morgan fingerprint density at radius 1 is 0.935 bits per heavy atom. The highest BCUT2D eigenvalue weighted by molar-refractivity contribution is 5.82. The Balaban J connectivity index is 1.30. The van der Waals surface area contributed by atoms with Gasteiger partial charge in [0, 0.05) is 30.3 Å². The van der Waals surface area contributed by atoms with Gasteiger partial charge in [0.05, 0.1) is 0 Å². The largest absolute Gasteiger partial charge is 0.448 e. The van der Waals surface area contributed by atoms with Gasteiger partial charge in [0.25, 0.3) is 0 Å². The first-order chi connectivity index (χ1) is 15.2. The topological polar surface area (TPSA) is 46.6 Å². The molecule has 0 saturated carbocycles. The van der Waals surface area contributed by atoms with Gasteiger partial charge in [-0.15, -0.1) is 0 Å². The van der Waals surface area contributed by atoms with Gasteiger partial charge in [0.1, 0.15) is 12.4 Å². The average Bonchev–Trinajstić information content (AvgIpc) is 3.10. The van der Waals surface area contributed by atoms with Gasteiger partial charge in [0.15, 0.2) is 0 Å². The lowest BCUT2D eigenvalue weighted by Gasteiger charge is -2.47. The summed E-state index contributed by atoms with van der Waals surface area (Å²) in [6.07, 6.45) is 6.08. The van der Waals surface area contributed by atoms with E-state index in [2.05, 4.69) is 55.5 Å². The molecule has 2 atom stereocenters. The highest BCUT2D eigenvalue weighted by Gasteiger charge is 2.43. The van der Waals surface area contributed by atoms with Crippen LogP contribution in [0.4, 0.5) is 4.79 Å². The summed E-state index contributed by atoms with van der Waals surface area (Å²) in [5.41, 5.74) is 4.96. The molecule has 4 heteroatoms. The van der Waals surface area contributed by atoms with E-state index in [4.69, 9.17) is 4.74 Å². The maximum absolute atomic E-state index is 13.2. The van der Waals surface area contributed by atoms with Crippen LogP contribution in [0.15, 0.2) is 48.5 Å². The molecule has 0 radical (unpaired) electrons. The number of ether oxygens (including phenoxy) is 1. The van der Waals surface area contributed by atoms with Gasteiger partial charge in [-0.1, -0.05) is 55.5 Å². The van der Waals surface area contributed by atoms with Gasteiger partial charge in [-0.2, -0.15) is 0 Å². The molecule has 2 aromatic rings. The third-order valence-electron chi connectivity index (χ3n) is 7.47. The zero-order valence-electron chi connectivity index (χ0n) is 18.3. The first-order valence-corrected chi connectivity index (χ1v) is 11.8. The molecule has 4 nitrogen and oxygen atoms in total. The van der Waals surface area contributed by atoms with Crippen molar-refractivity contribution in [3.63, 3.8) is 0 Å². The van der Waals surface area contributed by atoms with Gasteiger partial charge < -0.3 is 9.64 Å². The van der Waals surface area contributed by atoms with Crippen LogP contribution in [0.1, 0.15) is 68.9 Å². The molecule has 2 bridgehead atoms. The van der Waals surface area contributed by atoms with E-state index in [1.165, 1.54) is 22.3 Å². The second-order valence-electron chi connectivity index (χ2n) is 9.33. The highest BCUT2D eigenvalue weighted by atomic mass is 16.6. The normalized spacial score (nSPS) is 24.4. The standard InChI is InChI=1S/C27H31NO3/c1-2-8-26(29)18-15-19-9-7-10-20(16-18)28(19)27(30)31-17-25-23-13-5-3-11-21(23)22-12-4-6-14-24(22)25/h3-6,11-14,18-20,25H,2,7-10,15-17H2,1H3. The van der Waals surface area contributed by atoms with Crippen molar-refractivity contribution in [3.05, 3.63) is 59.7 Å². The molecule has 2 unspecified atom stereocenters. The maximum Gasteiger partial charge on any atom is 0.410 e. The summed E-state index contributed by atoms with van der Waals surface area (Å²) in [6.45, 7) is 2.42. The van der Waals surface area contributed by atoms with Gasteiger partial charge in [-0.05, 0) is 60.8 Å². The molecule has 3 aliphatic rings. The number of piperidine rings is 2. The Morgan fingerprint density at radius 2 is 1.52 bits per heavy atom. The number of hydrogen-bond acceptors (Lipinski definition) is 3. The van der Waals surface area contributed by atoms with Crippen molar-refractivity contribution in [1.29, 1.82) is 0 Å². The van der Waals surface area contributed by atoms with Crippen LogP contribution in [0, 0.1) is 5.92 Å². The van der Waals surface area contributed by atoms with Crippen molar-refractivity contribution in [2.45, 2.75) is 69.9 Å². The number of rotatable bonds is 5. The first-order valence-electron chi connectivity index (χ1n) is 11.8. The average molecular weight is 418 g/mol. The number of amides is 1. The lowest BCUT2D eigenvalue weighted by molar-refractivity contribution is -0.126. The van der Waals surface area contributed by atoms with Crippen molar-refractivity contribution >= 4 is 11.9 Å². The Kier molecular flexibility index (Phi) is 5.56. The Morgan fingerprint density at radius 3 is 2.10 bits per heavy atom. The SMILES string of the molecule is CCCC(=O)C1CC2CCCC(C1)N2C(=O)OCC1c2ccccc2-c2ccccc21. The molecule has 1 aliphatic carbocycles. The summed E-state index contributed by atoms with van der Waals surface area (Å²) in [5.74, 6) is 0.583. The van der Waals surface area contributed by atoms with Crippen molar-refractivity contribution in [2.24, 2.45) is 5.92 Å². The Labute approximate surface area is 184 Å². The van der Waals surface area contributed by atoms with Crippen LogP contribution in [-0.4, -0.2) is 35.5 Å². The van der Waals surface area contributed by atoms with Crippen LogP contribution in [0.25, 0.3) is 11.1 Å². The van der Waals surface area contributed by atoms with Crippen LogP contribution in [0.5, 0.6) is 0 Å². The highest BCUT2D eigenvalue weighted by Crippen LogP contribution is 2.45. The number of carbonyl (C=O) groups excluding carboxylic acids is 2. The van der Waals surface area contributed by atoms with Crippen molar-refractivity contribution in [1.82, 2.24) is 4.90 Å². The zero-order valence-corrected chi connectivity index (χ0v) is 18.3. The van der Waals surface area contributed by atoms with Crippen LogP contribution >= 0.6 is 0 Å². The lowest BCUT2D eigenvalue weighted by Crippen LogP contribution is -2.55. The summed E-state index contributed by atoms with van der Waals surface area (Å²) in [5, 5.41) is 0. The quantitative estimate of drug-likeness (QED) is 0.605.